The average Bonchev–Trinajstić information content (AvgIpc) is 3.45. The topological polar surface area (TPSA) is 81.9 Å². The highest BCUT2D eigenvalue weighted by molar-refractivity contribution is 7.13. The van der Waals surface area contributed by atoms with Crippen LogP contribution in [0.5, 0.6) is 5.75 Å². The van der Waals surface area contributed by atoms with Gasteiger partial charge >= 0.3 is 0 Å². The Labute approximate surface area is 172 Å². The van der Waals surface area contributed by atoms with Gasteiger partial charge in [-0.15, -0.1) is 21.5 Å². The van der Waals surface area contributed by atoms with Gasteiger partial charge in [0.2, 0.25) is 11.7 Å². The molecular formula is C21H19N5O2S. The summed E-state index contributed by atoms with van der Waals surface area (Å²) < 4.78 is 5.23. The van der Waals surface area contributed by atoms with Crippen molar-refractivity contribution in [1.29, 1.82) is 0 Å². The van der Waals surface area contributed by atoms with Crippen molar-refractivity contribution < 1.29 is 9.53 Å². The third-order valence-electron chi connectivity index (χ3n) is 4.37. The molecule has 7 nitrogen and oxygen atoms in total. The van der Waals surface area contributed by atoms with Crippen LogP contribution in [0.4, 0.5) is 0 Å². The van der Waals surface area contributed by atoms with Crippen molar-refractivity contribution in [3.05, 3.63) is 83.2 Å². The number of hydrogen-bond acceptors (Lipinski definition) is 6. The molecule has 2 heterocycles. The monoisotopic (exact) mass is 405 g/mol. The first-order valence-corrected chi connectivity index (χ1v) is 9.91. The Bertz CT molecular complexity index is 1060. The summed E-state index contributed by atoms with van der Waals surface area (Å²) in [7, 11) is 1.63. The largest absolute Gasteiger partial charge is 0.497 e. The lowest BCUT2D eigenvalue weighted by Crippen LogP contribution is -2.32. The molecule has 1 amide bonds. The Balaban J connectivity index is 1.51. The van der Waals surface area contributed by atoms with Gasteiger partial charge in [-0.3, -0.25) is 4.79 Å². The minimum Gasteiger partial charge on any atom is -0.497 e. The van der Waals surface area contributed by atoms with E-state index >= 15 is 0 Å². The van der Waals surface area contributed by atoms with E-state index in [0.29, 0.717) is 5.82 Å². The minimum atomic E-state index is -0.296. The minimum absolute atomic E-state index is 0.0160. The zero-order valence-corrected chi connectivity index (χ0v) is 16.5. The number of hydrogen-bond donors (Lipinski definition) is 1. The van der Waals surface area contributed by atoms with E-state index in [4.69, 9.17) is 4.74 Å². The van der Waals surface area contributed by atoms with Crippen LogP contribution in [0, 0.1) is 0 Å². The normalized spacial score (nSPS) is 11.8. The summed E-state index contributed by atoms with van der Waals surface area (Å²) in [5.74, 6) is 1.08. The third kappa shape index (κ3) is 4.49. The van der Waals surface area contributed by atoms with Crippen molar-refractivity contribution in [3.8, 4) is 16.5 Å². The highest BCUT2D eigenvalue weighted by Crippen LogP contribution is 2.24. The van der Waals surface area contributed by atoms with Gasteiger partial charge in [0, 0.05) is 0 Å². The summed E-state index contributed by atoms with van der Waals surface area (Å²) in [6, 6.07) is 21.0. The molecule has 0 radical (unpaired) electrons. The Hall–Kier alpha value is -3.52. The Morgan fingerprint density at radius 3 is 2.52 bits per heavy atom. The van der Waals surface area contributed by atoms with Gasteiger partial charge in [-0.05, 0) is 39.9 Å². The van der Waals surface area contributed by atoms with Crippen LogP contribution in [0.2, 0.25) is 0 Å². The van der Waals surface area contributed by atoms with Gasteiger partial charge in [0.15, 0.2) is 0 Å². The molecule has 4 rings (SSSR count). The molecule has 1 unspecified atom stereocenters. The van der Waals surface area contributed by atoms with Crippen molar-refractivity contribution in [2.75, 3.05) is 7.11 Å². The second-order valence-electron chi connectivity index (χ2n) is 6.31. The molecule has 0 aliphatic rings. The lowest BCUT2D eigenvalue weighted by molar-refractivity contribution is -0.122. The standard InChI is InChI=1S/C21H19N5O2S/c1-28-17-11-9-16(10-12-17)20(15-6-3-2-4-7-15)22-19(27)14-26-24-21(23-25-26)18-8-5-13-29-18/h2-13,20H,14H2,1H3,(H,22,27). The number of tetrazole rings is 1. The molecule has 0 aliphatic heterocycles. The van der Waals surface area contributed by atoms with E-state index in [-0.39, 0.29) is 18.5 Å². The molecule has 0 bridgehead atoms. The number of amides is 1. The molecule has 1 N–H and O–H groups in total. The molecule has 0 spiro atoms. The average molecular weight is 405 g/mol. The van der Waals surface area contributed by atoms with Gasteiger partial charge in [-0.1, -0.05) is 48.5 Å². The molecule has 4 aromatic rings. The number of carbonyl (C=O) groups is 1. The summed E-state index contributed by atoms with van der Waals surface area (Å²) in [6.07, 6.45) is 0. The van der Waals surface area contributed by atoms with Crippen molar-refractivity contribution in [1.82, 2.24) is 25.5 Å². The molecule has 0 fully saturated rings. The summed E-state index contributed by atoms with van der Waals surface area (Å²) in [6.45, 7) is -0.0160. The predicted octanol–water partition coefficient (Wildman–Crippen LogP) is 3.32. The van der Waals surface area contributed by atoms with E-state index in [1.54, 1.807) is 7.11 Å². The number of benzene rings is 2. The molecule has 8 heteroatoms. The van der Waals surface area contributed by atoms with Crippen LogP contribution in [0.15, 0.2) is 72.1 Å². The first-order valence-electron chi connectivity index (χ1n) is 9.03. The van der Waals surface area contributed by atoms with Gasteiger partial charge in [0.05, 0.1) is 18.0 Å². The van der Waals surface area contributed by atoms with E-state index in [1.165, 1.54) is 16.1 Å². The zero-order chi connectivity index (χ0) is 20.1. The molecule has 0 saturated heterocycles. The van der Waals surface area contributed by atoms with E-state index in [9.17, 15) is 4.79 Å². The first kappa shape index (κ1) is 18.8. The van der Waals surface area contributed by atoms with Crippen LogP contribution in [-0.4, -0.2) is 33.2 Å². The van der Waals surface area contributed by atoms with Crippen LogP contribution < -0.4 is 10.1 Å². The molecule has 29 heavy (non-hydrogen) atoms. The number of thiophene rings is 1. The second-order valence-corrected chi connectivity index (χ2v) is 7.25. The van der Waals surface area contributed by atoms with Crippen LogP contribution in [0.1, 0.15) is 17.2 Å². The van der Waals surface area contributed by atoms with E-state index in [2.05, 4.69) is 20.7 Å². The fraction of sp³-hybridized carbons (Fsp3) is 0.143. The smallest absolute Gasteiger partial charge is 0.244 e. The lowest BCUT2D eigenvalue weighted by atomic mass is 9.98. The Morgan fingerprint density at radius 1 is 1.07 bits per heavy atom. The number of nitrogens with one attached hydrogen (secondary N) is 1. The number of methoxy groups -OCH3 is 1. The first-order chi connectivity index (χ1) is 14.2. The zero-order valence-electron chi connectivity index (χ0n) is 15.7. The highest BCUT2D eigenvalue weighted by atomic mass is 32.1. The summed E-state index contributed by atoms with van der Waals surface area (Å²) >= 11 is 1.53. The van der Waals surface area contributed by atoms with Gasteiger partial charge < -0.3 is 10.1 Å². The number of carbonyl (C=O) groups excluding carboxylic acids is 1. The van der Waals surface area contributed by atoms with E-state index < -0.39 is 0 Å². The number of rotatable bonds is 7. The fourth-order valence-electron chi connectivity index (χ4n) is 2.95. The van der Waals surface area contributed by atoms with Crippen molar-refractivity contribution in [3.63, 3.8) is 0 Å². The summed E-state index contributed by atoms with van der Waals surface area (Å²) in [5.41, 5.74) is 1.94. The fourth-order valence-corrected chi connectivity index (χ4v) is 3.60. The number of nitrogens with zero attached hydrogens (tertiary/aromatic N) is 4. The summed E-state index contributed by atoms with van der Waals surface area (Å²) in [5, 5.41) is 17.3. The van der Waals surface area contributed by atoms with Gasteiger partial charge in [-0.2, -0.15) is 4.80 Å². The quantitative estimate of drug-likeness (QED) is 0.510. The van der Waals surface area contributed by atoms with Gasteiger partial charge in [0.25, 0.3) is 0 Å². The third-order valence-corrected chi connectivity index (χ3v) is 5.23. The van der Waals surface area contributed by atoms with Crippen LogP contribution >= 0.6 is 11.3 Å². The molecule has 146 valence electrons. The van der Waals surface area contributed by atoms with Crippen molar-refractivity contribution >= 4 is 17.2 Å². The van der Waals surface area contributed by atoms with E-state index in [0.717, 1.165) is 21.8 Å². The highest BCUT2D eigenvalue weighted by Gasteiger charge is 2.18. The number of aromatic nitrogens is 4. The van der Waals surface area contributed by atoms with Crippen molar-refractivity contribution in [2.45, 2.75) is 12.6 Å². The van der Waals surface area contributed by atoms with Crippen LogP contribution in [0.25, 0.3) is 10.7 Å². The Kier molecular flexibility index (Phi) is 5.62. The molecule has 2 aromatic heterocycles. The van der Waals surface area contributed by atoms with Gasteiger partial charge in [-0.25, -0.2) is 0 Å². The number of ether oxygens (including phenoxy) is 1. The maximum Gasteiger partial charge on any atom is 0.244 e. The van der Waals surface area contributed by atoms with Crippen LogP contribution in [0.3, 0.4) is 0 Å². The van der Waals surface area contributed by atoms with Gasteiger partial charge in [0.1, 0.15) is 12.3 Å². The predicted molar refractivity (Wildman–Crippen MR) is 111 cm³/mol. The molecule has 0 aliphatic carbocycles. The Morgan fingerprint density at radius 2 is 1.83 bits per heavy atom. The second kappa shape index (κ2) is 8.66. The van der Waals surface area contributed by atoms with Crippen molar-refractivity contribution in [2.24, 2.45) is 0 Å². The maximum atomic E-state index is 12.7. The molecule has 2 aromatic carbocycles. The lowest BCUT2D eigenvalue weighted by Gasteiger charge is -2.20. The SMILES string of the molecule is COc1ccc(C(NC(=O)Cn2nnc(-c3cccs3)n2)c2ccccc2)cc1. The van der Waals surface area contributed by atoms with Crippen LogP contribution in [-0.2, 0) is 11.3 Å². The molecular weight excluding hydrogens is 386 g/mol. The van der Waals surface area contributed by atoms with E-state index in [1.807, 2.05) is 72.1 Å². The molecule has 1 atom stereocenters. The molecule has 0 saturated carbocycles. The summed E-state index contributed by atoms with van der Waals surface area (Å²) in [4.78, 5) is 14.9. The maximum absolute atomic E-state index is 12.7.